The first-order valence-corrected chi connectivity index (χ1v) is 6.47. The number of nitrogens with two attached hydrogens (primary N) is 1. The van der Waals surface area contributed by atoms with Crippen LogP contribution in [0.4, 0.5) is 0 Å². The molecule has 0 spiro atoms. The minimum absolute atomic E-state index is 0.595. The first-order chi connectivity index (χ1) is 8.31. The van der Waals surface area contributed by atoms with Gasteiger partial charge in [0.15, 0.2) is 0 Å². The van der Waals surface area contributed by atoms with Gasteiger partial charge >= 0.3 is 0 Å². The van der Waals surface area contributed by atoms with E-state index >= 15 is 0 Å². The van der Waals surface area contributed by atoms with Crippen LogP contribution in [0.25, 0.3) is 0 Å². The van der Waals surface area contributed by atoms with Gasteiger partial charge in [0, 0.05) is 18.4 Å². The summed E-state index contributed by atoms with van der Waals surface area (Å²) in [5, 5.41) is 0. The van der Waals surface area contributed by atoms with Gasteiger partial charge in [0.25, 0.3) is 0 Å². The van der Waals surface area contributed by atoms with Crippen molar-refractivity contribution in [2.45, 2.75) is 38.3 Å². The molecule has 4 heteroatoms. The van der Waals surface area contributed by atoms with Crippen LogP contribution in [0.1, 0.15) is 31.5 Å². The summed E-state index contributed by atoms with van der Waals surface area (Å²) in [5.74, 6) is 1.54. The Morgan fingerprint density at radius 1 is 1.29 bits per heavy atom. The van der Waals surface area contributed by atoms with E-state index in [0.29, 0.717) is 12.0 Å². The summed E-state index contributed by atoms with van der Waals surface area (Å²) in [5.41, 5.74) is 5.87. The van der Waals surface area contributed by atoms with Crippen molar-refractivity contribution in [1.82, 2.24) is 14.9 Å². The third-order valence-corrected chi connectivity index (χ3v) is 3.75. The van der Waals surface area contributed by atoms with E-state index in [0.717, 1.165) is 18.9 Å². The Morgan fingerprint density at radius 2 is 2.00 bits per heavy atom. The largest absolute Gasteiger partial charge is 0.330 e. The Balaban J connectivity index is 1.96. The molecule has 0 amide bonds. The zero-order valence-corrected chi connectivity index (χ0v) is 10.5. The molecule has 0 radical (unpaired) electrons. The van der Waals surface area contributed by atoms with Gasteiger partial charge in [0.1, 0.15) is 5.82 Å². The van der Waals surface area contributed by atoms with E-state index in [2.05, 4.69) is 21.9 Å². The fraction of sp³-hybridized carbons (Fsp3) is 0.692. The van der Waals surface area contributed by atoms with Gasteiger partial charge < -0.3 is 5.73 Å². The van der Waals surface area contributed by atoms with Crippen molar-refractivity contribution >= 4 is 0 Å². The Bertz CT molecular complexity index is 327. The molecule has 2 unspecified atom stereocenters. The highest BCUT2D eigenvalue weighted by Gasteiger charge is 2.27. The third kappa shape index (κ3) is 3.23. The molecule has 0 saturated heterocycles. The second kappa shape index (κ2) is 6.07. The lowest BCUT2D eigenvalue weighted by molar-refractivity contribution is 0.125. The van der Waals surface area contributed by atoms with Crippen LogP contribution in [-0.4, -0.2) is 34.5 Å². The van der Waals surface area contributed by atoms with Crippen LogP contribution in [0.3, 0.4) is 0 Å². The Kier molecular flexibility index (Phi) is 4.45. The third-order valence-electron chi connectivity index (χ3n) is 3.75. The maximum absolute atomic E-state index is 5.87. The average Bonchev–Trinajstić information content (AvgIpc) is 2.40. The van der Waals surface area contributed by atoms with Gasteiger partial charge in [-0.3, -0.25) is 4.90 Å². The van der Waals surface area contributed by atoms with Crippen molar-refractivity contribution in [2.75, 3.05) is 13.6 Å². The first-order valence-electron chi connectivity index (χ1n) is 6.47. The van der Waals surface area contributed by atoms with Gasteiger partial charge in [0.05, 0.1) is 6.54 Å². The molecule has 1 aromatic heterocycles. The van der Waals surface area contributed by atoms with E-state index in [1.807, 2.05) is 6.07 Å². The molecule has 0 aromatic carbocycles. The molecular weight excluding hydrogens is 212 g/mol. The molecule has 1 aliphatic carbocycles. The fourth-order valence-corrected chi connectivity index (χ4v) is 2.80. The minimum Gasteiger partial charge on any atom is -0.330 e. The summed E-state index contributed by atoms with van der Waals surface area (Å²) >= 11 is 0. The summed E-state index contributed by atoms with van der Waals surface area (Å²) < 4.78 is 0. The van der Waals surface area contributed by atoms with Crippen molar-refractivity contribution in [3.8, 4) is 0 Å². The number of aromatic nitrogens is 2. The van der Waals surface area contributed by atoms with Gasteiger partial charge in [-0.15, -0.1) is 0 Å². The molecular formula is C13H22N4. The fourth-order valence-electron chi connectivity index (χ4n) is 2.80. The van der Waals surface area contributed by atoms with Gasteiger partial charge in [-0.1, -0.05) is 12.8 Å². The predicted molar refractivity (Wildman–Crippen MR) is 68.3 cm³/mol. The zero-order chi connectivity index (χ0) is 12.1. The highest BCUT2D eigenvalue weighted by molar-refractivity contribution is 4.90. The zero-order valence-electron chi connectivity index (χ0n) is 10.5. The molecule has 2 atom stereocenters. The summed E-state index contributed by atoms with van der Waals surface area (Å²) in [6.07, 6.45) is 8.77. The van der Waals surface area contributed by atoms with E-state index in [1.54, 1.807) is 12.4 Å². The van der Waals surface area contributed by atoms with Crippen molar-refractivity contribution in [2.24, 2.45) is 11.7 Å². The van der Waals surface area contributed by atoms with Crippen LogP contribution in [0, 0.1) is 5.92 Å². The Hall–Kier alpha value is -1.00. The standard InChI is InChI=1S/C13H22N4/c1-17(10-13-15-7-4-8-16-13)12-6-3-2-5-11(12)9-14/h4,7-8,11-12H,2-3,5-6,9-10,14H2,1H3. The maximum atomic E-state index is 5.87. The topological polar surface area (TPSA) is 55.0 Å². The van der Waals surface area contributed by atoms with Crippen LogP contribution in [0.15, 0.2) is 18.5 Å². The van der Waals surface area contributed by atoms with E-state index in [-0.39, 0.29) is 0 Å². The maximum Gasteiger partial charge on any atom is 0.142 e. The van der Waals surface area contributed by atoms with Crippen molar-refractivity contribution < 1.29 is 0 Å². The lowest BCUT2D eigenvalue weighted by Gasteiger charge is -2.37. The second-order valence-corrected chi connectivity index (χ2v) is 4.93. The highest BCUT2D eigenvalue weighted by atomic mass is 15.2. The van der Waals surface area contributed by atoms with Gasteiger partial charge in [-0.25, -0.2) is 9.97 Å². The number of rotatable bonds is 4. The van der Waals surface area contributed by atoms with E-state index in [4.69, 9.17) is 5.73 Å². The van der Waals surface area contributed by atoms with E-state index in [9.17, 15) is 0 Å². The van der Waals surface area contributed by atoms with Crippen LogP contribution >= 0.6 is 0 Å². The molecule has 94 valence electrons. The minimum atomic E-state index is 0.595. The summed E-state index contributed by atoms with van der Waals surface area (Å²) in [6.45, 7) is 1.62. The summed E-state index contributed by atoms with van der Waals surface area (Å²) in [7, 11) is 2.16. The Labute approximate surface area is 103 Å². The smallest absolute Gasteiger partial charge is 0.142 e. The van der Waals surface area contributed by atoms with E-state index in [1.165, 1.54) is 25.7 Å². The van der Waals surface area contributed by atoms with Gasteiger partial charge in [-0.05, 0) is 38.4 Å². The van der Waals surface area contributed by atoms with Crippen LogP contribution in [-0.2, 0) is 6.54 Å². The van der Waals surface area contributed by atoms with Gasteiger partial charge in [-0.2, -0.15) is 0 Å². The average molecular weight is 234 g/mol. The number of hydrogen-bond acceptors (Lipinski definition) is 4. The summed E-state index contributed by atoms with van der Waals surface area (Å²) in [6, 6.07) is 2.45. The normalized spacial score (nSPS) is 25.1. The molecule has 1 aromatic rings. The predicted octanol–water partition coefficient (Wildman–Crippen LogP) is 1.43. The summed E-state index contributed by atoms with van der Waals surface area (Å²) in [4.78, 5) is 10.9. The molecule has 1 saturated carbocycles. The lowest BCUT2D eigenvalue weighted by atomic mass is 9.84. The molecule has 0 bridgehead atoms. The van der Waals surface area contributed by atoms with Crippen LogP contribution in [0.5, 0.6) is 0 Å². The molecule has 1 fully saturated rings. The molecule has 1 aliphatic rings. The molecule has 4 nitrogen and oxygen atoms in total. The molecule has 2 rings (SSSR count). The quantitative estimate of drug-likeness (QED) is 0.856. The number of nitrogens with zero attached hydrogens (tertiary/aromatic N) is 3. The first kappa shape index (κ1) is 12.5. The molecule has 1 heterocycles. The van der Waals surface area contributed by atoms with Gasteiger partial charge in [0.2, 0.25) is 0 Å². The molecule has 17 heavy (non-hydrogen) atoms. The lowest BCUT2D eigenvalue weighted by Crippen LogP contribution is -2.42. The molecule has 2 N–H and O–H groups in total. The Morgan fingerprint density at radius 3 is 2.71 bits per heavy atom. The van der Waals surface area contributed by atoms with Crippen molar-refractivity contribution in [3.05, 3.63) is 24.3 Å². The van der Waals surface area contributed by atoms with E-state index < -0.39 is 0 Å². The second-order valence-electron chi connectivity index (χ2n) is 4.93. The van der Waals surface area contributed by atoms with Crippen LogP contribution in [0.2, 0.25) is 0 Å². The highest BCUT2D eigenvalue weighted by Crippen LogP contribution is 2.27. The van der Waals surface area contributed by atoms with Crippen molar-refractivity contribution in [3.63, 3.8) is 0 Å². The molecule has 0 aliphatic heterocycles. The monoisotopic (exact) mass is 234 g/mol. The van der Waals surface area contributed by atoms with Crippen molar-refractivity contribution in [1.29, 1.82) is 0 Å². The number of hydrogen-bond donors (Lipinski definition) is 1. The SMILES string of the molecule is CN(Cc1ncccn1)C1CCCCC1CN. The van der Waals surface area contributed by atoms with Crippen LogP contribution < -0.4 is 5.73 Å².